The molecule has 1 fully saturated rings. The molecule has 0 saturated carbocycles. The highest BCUT2D eigenvalue weighted by molar-refractivity contribution is 5.90. The van der Waals surface area contributed by atoms with E-state index in [-0.39, 0.29) is 11.7 Å². The Kier molecular flexibility index (Phi) is 4.08. The quantitative estimate of drug-likeness (QED) is 0.673. The van der Waals surface area contributed by atoms with E-state index in [0.29, 0.717) is 25.7 Å². The molecule has 0 spiro atoms. The van der Waals surface area contributed by atoms with Gasteiger partial charge in [0, 0.05) is 25.7 Å². The number of carboxylic acids is 1. The number of halogens is 1. The van der Waals surface area contributed by atoms with Gasteiger partial charge >= 0.3 is 5.97 Å². The minimum absolute atomic E-state index is 0.152. The van der Waals surface area contributed by atoms with Crippen molar-refractivity contribution in [1.29, 1.82) is 0 Å². The molecule has 1 aromatic carbocycles. The first kappa shape index (κ1) is 15.2. The minimum atomic E-state index is -1.44. The van der Waals surface area contributed by atoms with Crippen molar-refractivity contribution in [3.8, 4) is 0 Å². The second kappa shape index (κ2) is 5.65. The van der Waals surface area contributed by atoms with Gasteiger partial charge in [0.1, 0.15) is 11.5 Å². The first-order valence-corrected chi connectivity index (χ1v) is 6.47. The first-order valence-electron chi connectivity index (χ1n) is 6.47. The SMILES string of the molecule is CC1CN(c2cc(C(=O)O)c(F)cc2[N+](=O)[O-])CCN1C. The van der Waals surface area contributed by atoms with Gasteiger partial charge in [-0.05, 0) is 20.0 Å². The van der Waals surface area contributed by atoms with E-state index in [9.17, 15) is 19.3 Å². The summed E-state index contributed by atoms with van der Waals surface area (Å²) < 4.78 is 13.6. The predicted octanol–water partition coefficient (Wildman–Crippen LogP) is 1.57. The van der Waals surface area contributed by atoms with Crippen LogP contribution in [0.3, 0.4) is 0 Å². The number of rotatable bonds is 3. The van der Waals surface area contributed by atoms with Crippen LogP contribution in [-0.2, 0) is 0 Å². The van der Waals surface area contributed by atoms with E-state index >= 15 is 0 Å². The van der Waals surface area contributed by atoms with Crippen LogP contribution in [0.1, 0.15) is 17.3 Å². The Hall–Kier alpha value is -2.22. The molecule has 114 valence electrons. The monoisotopic (exact) mass is 297 g/mol. The Balaban J connectivity index is 2.47. The van der Waals surface area contributed by atoms with Crippen molar-refractivity contribution < 1.29 is 19.2 Å². The van der Waals surface area contributed by atoms with Gasteiger partial charge in [-0.1, -0.05) is 0 Å². The van der Waals surface area contributed by atoms with Crippen LogP contribution in [0.4, 0.5) is 15.8 Å². The summed E-state index contributed by atoms with van der Waals surface area (Å²) in [6, 6.07) is 1.90. The molecule has 0 aromatic heterocycles. The van der Waals surface area contributed by atoms with Crippen LogP contribution in [0.15, 0.2) is 12.1 Å². The molecule has 1 atom stereocenters. The zero-order chi connectivity index (χ0) is 15.7. The summed E-state index contributed by atoms with van der Waals surface area (Å²) in [5.41, 5.74) is -0.810. The topological polar surface area (TPSA) is 86.9 Å². The van der Waals surface area contributed by atoms with Gasteiger partial charge in [-0.25, -0.2) is 9.18 Å². The molecular weight excluding hydrogens is 281 g/mol. The van der Waals surface area contributed by atoms with Crippen LogP contribution in [0.25, 0.3) is 0 Å². The van der Waals surface area contributed by atoms with E-state index < -0.39 is 28.0 Å². The smallest absolute Gasteiger partial charge is 0.338 e. The third-order valence-corrected chi connectivity index (χ3v) is 3.79. The fourth-order valence-corrected chi connectivity index (χ4v) is 2.38. The average Bonchev–Trinajstić information content (AvgIpc) is 2.41. The molecule has 1 heterocycles. The lowest BCUT2D eigenvalue weighted by atomic mass is 10.1. The number of carbonyl (C=O) groups is 1. The van der Waals surface area contributed by atoms with E-state index in [0.717, 1.165) is 6.07 Å². The zero-order valence-corrected chi connectivity index (χ0v) is 11.7. The van der Waals surface area contributed by atoms with Crippen molar-refractivity contribution in [1.82, 2.24) is 4.90 Å². The lowest BCUT2D eigenvalue weighted by Crippen LogP contribution is -2.50. The second-order valence-electron chi connectivity index (χ2n) is 5.16. The van der Waals surface area contributed by atoms with Crippen molar-refractivity contribution in [2.45, 2.75) is 13.0 Å². The summed E-state index contributed by atoms with van der Waals surface area (Å²) in [5.74, 6) is -2.54. The van der Waals surface area contributed by atoms with Crippen molar-refractivity contribution in [3.63, 3.8) is 0 Å². The van der Waals surface area contributed by atoms with Gasteiger partial charge in [0.2, 0.25) is 0 Å². The third-order valence-electron chi connectivity index (χ3n) is 3.79. The molecule has 1 N–H and O–H groups in total. The summed E-state index contributed by atoms with van der Waals surface area (Å²) in [7, 11) is 1.95. The van der Waals surface area contributed by atoms with Gasteiger partial charge in [-0.2, -0.15) is 0 Å². The van der Waals surface area contributed by atoms with Gasteiger partial charge in [0.05, 0.1) is 16.6 Å². The molecule has 2 rings (SSSR count). The van der Waals surface area contributed by atoms with E-state index in [1.807, 2.05) is 14.0 Å². The number of aromatic carboxylic acids is 1. The average molecular weight is 297 g/mol. The molecule has 8 heteroatoms. The zero-order valence-electron chi connectivity index (χ0n) is 11.7. The number of nitro groups is 1. The largest absolute Gasteiger partial charge is 0.478 e. The molecule has 0 radical (unpaired) electrons. The maximum atomic E-state index is 13.6. The van der Waals surface area contributed by atoms with Crippen LogP contribution < -0.4 is 4.90 Å². The summed E-state index contributed by atoms with van der Waals surface area (Å²) in [5, 5.41) is 20.1. The molecule has 0 aliphatic carbocycles. The number of benzene rings is 1. The van der Waals surface area contributed by atoms with Crippen LogP contribution in [0, 0.1) is 15.9 Å². The third kappa shape index (κ3) is 2.94. The molecule has 21 heavy (non-hydrogen) atoms. The van der Waals surface area contributed by atoms with Crippen molar-refractivity contribution in [3.05, 3.63) is 33.6 Å². The highest BCUT2D eigenvalue weighted by Crippen LogP contribution is 2.32. The Bertz CT molecular complexity index is 593. The number of anilines is 1. The van der Waals surface area contributed by atoms with E-state index in [4.69, 9.17) is 5.11 Å². The summed E-state index contributed by atoms with van der Waals surface area (Å²) in [6.45, 7) is 3.70. The van der Waals surface area contributed by atoms with Crippen molar-refractivity contribution in [2.24, 2.45) is 0 Å². The first-order chi connectivity index (χ1) is 9.81. The normalized spacial score (nSPS) is 19.6. The summed E-state index contributed by atoms with van der Waals surface area (Å²) in [6.07, 6.45) is 0. The lowest BCUT2D eigenvalue weighted by Gasteiger charge is -2.38. The Labute approximate surface area is 120 Å². The van der Waals surface area contributed by atoms with E-state index in [1.165, 1.54) is 0 Å². The molecule has 1 aliphatic heterocycles. The summed E-state index contributed by atoms with van der Waals surface area (Å²) in [4.78, 5) is 25.3. The predicted molar refractivity (Wildman–Crippen MR) is 74.3 cm³/mol. The Morgan fingerprint density at radius 3 is 2.67 bits per heavy atom. The Morgan fingerprint density at radius 2 is 2.14 bits per heavy atom. The number of hydrogen-bond acceptors (Lipinski definition) is 5. The molecule has 1 aliphatic rings. The van der Waals surface area contributed by atoms with Crippen LogP contribution in [-0.4, -0.2) is 53.6 Å². The van der Waals surface area contributed by atoms with Gasteiger partial charge in [-0.15, -0.1) is 0 Å². The van der Waals surface area contributed by atoms with Crippen molar-refractivity contribution in [2.75, 3.05) is 31.6 Å². The van der Waals surface area contributed by atoms with E-state index in [2.05, 4.69) is 4.90 Å². The highest BCUT2D eigenvalue weighted by atomic mass is 19.1. The van der Waals surface area contributed by atoms with E-state index in [1.54, 1.807) is 4.90 Å². The number of likely N-dealkylation sites (N-methyl/N-ethyl adjacent to an activating group) is 1. The fourth-order valence-electron chi connectivity index (χ4n) is 2.38. The second-order valence-corrected chi connectivity index (χ2v) is 5.16. The van der Waals surface area contributed by atoms with Gasteiger partial charge < -0.3 is 14.9 Å². The number of nitro benzene ring substituents is 1. The number of hydrogen-bond donors (Lipinski definition) is 1. The maximum absolute atomic E-state index is 13.6. The number of nitrogens with zero attached hydrogens (tertiary/aromatic N) is 3. The van der Waals surface area contributed by atoms with Gasteiger partial charge in [-0.3, -0.25) is 10.1 Å². The lowest BCUT2D eigenvalue weighted by molar-refractivity contribution is -0.384. The molecule has 1 aromatic rings. The maximum Gasteiger partial charge on any atom is 0.338 e. The molecule has 7 nitrogen and oxygen atoms in total. The summed E-state index contributed by atoms with van der Waals surface area (Å²) >= 11 is 0. The molecular formula is C13H16FN3O4. The van der Waals surface area contributed by atoms with Crippen molar-refractivity contribution >= 4 is 17.3 Å². The number of carboxylic acid groups (broad SMARTS) is 1. The van der Waals surface area contributed by atoms with Gasteiger partial charge in [0.15, 0.2) is 0 Å². The standard InChI is InChI=1S/C13H16FN3O4/c1-8-7-16(4-3-15(8)2)11-5-9(13(18)19)10(14)6-12(11)17(20)21/h5-6,8H,3-4,7H2,1-2H3,(H,18,19). The van der Waals surface area contributed by atoms with Crippen LogP contribution >= 0.6 is 0 Å². The molecule has 0 bridgehead atoms. The minimum Gasteiger partial charge on any atom is -0.478 e. The van der Waals surface area contributed by atoms with Crippen LogP contribution in [0.2, 0.25) is 0 Å². The highest BCUT2D eigenvalue weighted by Gasteiger charge is 2.29. The number of piperazine rings is 1. The molecule has 1 unspecified atom stereocenters. The fraction of sp³-hybridized carbons (Fsp3) is 0.462. The van der Waals surface area contributed by atoms with Gasteiger partial charge in [0.25, 0.3) is 5.69 Å². The van der Waals surface area contributed by atoms with Crippen LogP contribution in [0.5, 0.6) is 0 Å². The Morgan fingerprint density at radius 1 is 1.48 bits per heavy atom. The molecule has 1 saturated heterocycles. The molecule has 0 amide bonds.